The van der Waals surface area contributed by atoms with Crippen molar-refractivity contribution < 1.29 is 14.3 Å². The van der Waals surface area contributed by atoms with Gasteiger partial charge in [0.05, 0.1) is 20.2 Å². The van der Waals surface area contributed by atoms with Crippen LogP contribution in [-0.4, -0.2) is 49.6 Å². The van der Waals surface area contributed by atoms with Crippen molar-refractivity contribution >= 4 is 11.9 Å². The van der Waals surface area contributed by atoms with Crippen molar-refractivity contribution in [1.82, 2.24) is 10.2 Å². The Morgan fingerprint density at radius 3 is 2.38 bits per heavy atom. The van der Waals surface area contributed by atoms with Crippen molar-refractivity contribution in [2.45, 2.75) is 33.2 Å². The molecule has 1 N–H and O–H groups in total. The molecule has 0 rings (SSSR count). The highest BCUT2D eigenvalue weighted by Gasteiger charge is 2.17. The predicted octanol–water partition coefficient (Wildman–Crippen LogP) is 0.396. The van der Waals surface area contributed by atoms with Crippen molar-refractivity contribution in [1.29, 1.82) is 0 Å². The number of rotatable bonds is 7. The number of hydrogen-bond donors (Lipinski definition) is 1. The monoisotopic (exact) mass is 230 g/mol. The van der Waals surface area contributed by atoms with Gasteiger partial charge in [0, 0.05) is 12.6 Å². The van der Waals surface area contributed by atoms with Crippen LogP contribution in [0.25, 0.3) is 0 Å². The van der Waals surface area contributed by atoms with Gasteiger partial charge in [0.2, 0.25) is 5.91 Å². The van der Waals surface area contributed by atoms with Gasteiger partial charge in [-0.15, -0.1) is 0 Å². The number of nitrogens with one attached hydrogen (secondary N) is 1. The maximum absolute atomic E-state index is 11.5. The minimum Gasteiger partial charge on any atom is -0.468 e. The SMILES string of the molecule is CCCNC(=O)CN(CC(=O)OC)C(C)C. The minimum absolute atomic E-state index is 0.0561. The van der Waals surface area contributed by atoms with Crippen LogP contribution < -0.4 is 5.32 Å². The highest BCUT2D eigenvalue weighted by Crippen LogP contribution is 1.98. The molecule has 5 nitrogen and oxygen atoms in total. The van der Waals surface area contributed by atoms with Crippen LogP contribution >= 0.6 is 0 Å². The molecule has 0 heterocycles. The third-order valence-electron chi connectivity index (χ3n) is 2.21. The molecule has 0 aromatic heterocycles. The highest BCUT2D eigenvalue weighted by molar-refractivity contribution is 5.79. The van der Waals surface area contributed by atoms with Crippen molar-refractivity contribution in [3.8, 4) is 0 Å². The van der Waals surface area contributed by atoms with E-state index in [2.05, 4.69) is 10.1 Å². The van der Waals surface area contributed by atoms with Gasteiger partial charge in [-0.25, -0.2) is 0 Å². The Morgan fingerprint density at radius 2 is 1.94 bits per heavy atom. The van der Waals surface area contributed by atoms with Crippen molar-refractivity contribution in [2.24, 2.45) is 0 Å². The average Bonchev–Trinajstić information content (AvgIpc) is 2.24. The molecule has 0 bridgehead atoms. The summed E-state index contributed by atoms with van der Waals surface area (Å²) < 4.78 is 4.58. The van der Waals surface area contributed by atoms with E-state index in [9.17, 15) is 9.59 Å². The fraction of sp³-hybridized carbons (Fsp3) is 0.818. The zero-order valence-corrected chi connectivity index (χ0v) is 10.6. The molecular weight excluding hydrogens is 208 g/mol. The van der Waals surface area contributed by atoms with Crippen LogP contribution in [0.4, 0.5) is 0 Å². The zero-order valence-electron chi connectivity index (χ0n) is 10.6. The van der Waals surface area contributed by atoms with Crippen LogP contribution in [0.5, 0.6) is 0 Å². The van der Waals surface area contributed by atoms with Crippen LogP contribution in [0.3, 0.4) is 0 Å². The van der Waals surface area contributed by atoms with Gasteiger partial charge in [-0.3, -0.25) is 14.5 Å². The summed E-state index contributed by atoms with van der Waals surface area (Å²) in [4.78, 5) is 24.4. The van der Waals surface area contributed by atoms with Crippen LogP contribution in [0, 0.1) is 0 Å². The first-order chi connectivity index (χ1) is 7.51. The van der Waals surface area contributed by atoms with Gasteiger partial charge in [0.25, 0.3) is 0 Å². The lowest BCUT2D eigenvalue weighted by Crippen LogP contribution is -2.43. The molecule has 0 saturated heterocycles. The smallest absolute Gasteiger partial charge is 0.319 e. The van der Waals surface area contributed by atoms with E-state index in [1.54, 1.807) is 4.90 Å². The van der Waals surface area contributed by atoms with E-state index in [1.807, 2.05) is 20.8 Å². The molecule has 94 valence electrons. The van der Waals surface area contributed by atoms with Gasteiger partial charge in [0.15, 0.2) is 0 Å². The minimum atomic E-state index is -0.322. The van der Waals surface area contributed by atoms with Crippen LogP contribution in [0.2, 0.25) is 0 Å². The first kappa shape index (κ1) is 14.9. The van der Waals surface area contributed by atoms with Crippen molar-refractivity contribution in [2.75, 3.05) is 26.7 Å². The second-order valence-corrected chi connectivity index (χ2v) is 3.92. The first-order valence-corrected chi connectivity index (χ1v) is 5.58. The lowest BCUT2D eigenvalue weighted by molar-refractivity contribution is -0.142. The van der Waals surface area contributed by atoms with Crippen LogP contribution in [0.1, 0.15) is 27.2 Å². The van der Waals surface area contributed by atoms with Gasteiger partial charge in [0.1, 0.15) is 0 Å². The zero-order chi connectivity index (χ0) is 12.6. The topological polar surface area (TPSA) is 58.6 Å². The van der Waals surface area contributed by atoms with E-state index < -0.39 is 0 Å². The molecule has 0 aromatic rings. The molecule has 0 atom stereocenters. The molecule has 0 unspecified atom stereocenters. The fourth-order valence-corrected chi connectivity index (χ4v) is 1.16. The molecule has 0 aliphatic carbocycles. The Hall–Kier alpha value is -1.10. The molecule has 0 aromatic carbocycles. The van der Waals surface area contributed by atoms with Gasteiger partial charge >= 0.3 is 5.97 Å². The molecule has 0 aliphatic rings. The van der Waals surface area contributed by atoms with Gasteiger partial charge in [-0.1, -0.05) is 6.92 Å². The summed E-state index contributed by atoms with van der Waals surface area (Å²) in [6.45, 7) is 6.92. The third kappa shape index (κ3) is 6.40. The molecule has 0 aliphatic heterocycles. The van der Waals surface area contributed by atoms with E-state index in [0.717, 1.165) is 6.42 Å². The Labute approximate surface area is 97.1 Å². The first-order valence-electron chi connectivity index (χ1n) is 5.58. The summed E-state index contributed by atoms with van der Waals surface area (Å²) in [5, 5.41) is 2.78. The Bertz CT molecular complexity index is 229. The molecule has 0 spiro atoms. The van der Waals surface area contributed by atoms with E-state index in [-0.39, 0.29) is 31.0 Å². The number of hydrogen-bond acceptors (Lipinski definition) is 4. The van der Waals surface area contributed by atoms with E-state index in [0.29, 0.717) is 6.54 Å². The molecule has 5 heteroatoms. The molecule has 0 radical (unpaired) electrons. The third-order valence-corrected chi connectivity index (χ3v) is 2.21. The summed E-state index contributed by atoms with van der Waals surface area (Å²) in [5.41, 5.74) is 0. The maximum atomic E-state index is 11.5. The quantitative estimate of drug-likeness (QED) is 0.643. The number of methoxy groups -OCH3 is 1. The Morgan fingerprint density at radius 1 is 1.31 bits per heavy atom. The fourth-order valence-electron chi connectivity index (χ4n) is 1.16. The number of ether oxygens (including phenoxy) is 1. The summed E-state index contributed by atoms with van der Waals surface area (Å²) >= 11 is 0. The number of amides is 1. The second kappa shape index (κ2) is 8.10. The summed E-state index contributed by atoms with van der Waals surface area (Å²) in [6, 6.07) is 0.131. The molecule has 0 fully saturated rings. The standard InChI is InChI=1S/C11H22N2O3/c1-5-6-12-10(14)7-13(9(2)3)8-11(15)16-4/h9H,5-8H2,1-4H3,(H,12,14). The Balaban J connectivity index is 4.12. The molecule has 1 amide bonds. The average molecular weight is 230 g/mol. The van der Waals surface area contributed by atoms with Gasteiger partial charge in [-0.05, 0) is 20.3 Å². The van der Waals surface area contributed by atoms with E-state index in [1.165, 1.54) is 7.11 Å². The number of carbonyl (C=O) groups is 2. The van der Waals surface area contributed by atoms with Crippen molar-refractivity contribution in [3.05, 3.63) is 0 Å². The summed E-state index contributed by atoms with van der Waals surface area (Å²) in [5.74, 6) is -0.378. The number of carbonyl (C=O) groups excluding carboxylic acids is 2. The molecule has 0 saturated carbocycles. The van der Waals surface area contributed by atoms with Gasteiger partial charge < -0.3 is 10.1 Å². The second-order valence-electron chi connectivity index (χ2n) is 3.92. The molecule has 16 heavy (non-hydrogen) atoms. The summed E-state index contributed by atoms with van der Waals surface area (Å²) in [6.07, 6.45) is 0.907. The van der Waals surface area contributed by atoms with Gasteiger partial charge in [-0.2, -0.15) is 0 Å². The van der Waals surface area contributed by atoms with Crippen molar-refractivity contribution in [3.63, 3.8) is 0 Å². The molecular formula is C11H22N2O3. The van der Waals surface area contributed by atoms with Crippen LogP contribution in [0.15, 0.2) is 0 Å². The lowest BCUT2D eigenvalue weighted by Gasteiger charge is -2.24. The predicted molar refractivity (Wildman–Crippen MR) is 62.0 cm³/mol. The van der Waals surface area contributed by atoms with Crippen LogP contribution in [-0.2, 0) is 14.3 Å². The lowest BCUT2D eigenvalue weighted by atomic mass is 10.3. The normalized spacial score (nSPS) is 10.6. The van der Waals surface area contributed by atoms with E-state index >= 15 is 0 Å². The largest absolute Gasteiger partial charge is 0.468 e. The van der Waals surface area contributed by atoms with E-state index in [4.69, 9.17) is 0 Å². The summed E-state index contributed by atoms with van der Waals surface area (Å²) in [7, 11) is 1.35. The highest BCUT2D eigenvalue weighted by atomic mass is 16.5. The maximum Gasteiger partial charge on any atom is 0.319 e. The number of nitrogens with zero attached hydrogens (tertiary/aromatic N) is 1. The Kier molecular flexibility index (Phi) is 7.54. The number of esters is 1.